The summed E-state index contributed by atoms with van der Waals surface area (Å²) in [5, 5.41) is 17.8. The fraction of sp³-hybridized carbons (Fsp3) is 0.222. The van der Waals surface area contributed by atoms with Crippen LogP contribution in [0.15, 0.2) is 16.6 Å². The molecule has 0 spiro atoms. The number of hydrogen-bond acceptors (Lipinski definition) is 3. The maximum absolute atomic E-state index is 12.5. The zero-order valence-electron chi connectivity index (χ0n) is 8.12. The second kappa shape index (κ2) is 4.53. The number of aliphatic carboxylic acids is 1. The summed E-state index contributed by atoms with van der Waals surface area (Å²) in [6.45, 7) is 0. The summed E-state index contributed by atoms with van der Waals surface area (Å²) in [5.74, 6) is -1.59. The van der Waals surface area contributed by atoms with Gasteiger partial charge in [-0.2, -0.15) is 13.2 Å². The third kappa shape index (κ3) is 2.89. The van der Waals surface area contributed by atoms with Gasteiger partial charge in [-0.3, -0.25) is 0 Å². The largest absolute Gasteiger partial charge is 0.479 e. The molecule has 0 saturated carbocycles. The van der Waals surface area contributed by atoms with Gasteiger partial charge in [-0.05, 0) is 12.1 Å². The third-order valence-electron chi connectivity index (χ3n) is 2.01. The van der Waals surface area contributed by atoms with E-state index in [1.165, 1.54) is 0 Å². The molecule has 0 saturated heterocycles. The van der Waals surface area contributed by atoms with Gasteiger partial charge >= 0.3 is 12.1 Å². The van der Waals surface area contributed by atoms with Crippen molar-refractivity contribution in [2.75, 3.05) is 5.73 Å². The van der Waals surface area contributed by atoms with Crippen molar-refractivity contribution < 1.29 is 28.2 Å². The number of aliphatic hydroxyl groups is 1. The molecule has 0 amide bonds. The van der Waals surface area contributed by atoms with Crippen LogP contribution in [-0.4, -0.2) is 16.2 Å². The zero-order chi connectivity index (χ0) is 13.4. The lowest BCUT2D eigenvalue weighted by molar-refractivity contribution is -0.146. The summed E-state index contributed by atoms with van der Waals surface area (Å²) < 4.78 is 37.0. The van der Waals surface area contributed by atoms with E-state index in [2.05, 4.69) is 15.9 Å². The van der Waals surface area contributed by atoms with Crippen LogP contribution in [0.5, 0.6) is 0 Å². The van der Waals surface area contributed by atoms with Gasteiger partial charge in [0.2, 0.25) is 0 Å². The molecule has 0 aliphatic rings. The quantitative estimate of drug-likeness (QED) is 0.731. The average molecular weight is 314 g/mol. The molecule has 8 heteroatoms. The van der Waals surface area contributed by atoms with E-state index in [-0.39, 0.29) is 10.0 Å². The molecule has 1 unspecified atom stereocenters. The van der Waals surface area contributed by atoms with E-state index in [0.29, 0.717) is 6.07 Å². The minimum atomic E-state index is -4.61. The van der Waals surface area contributed by atoms with Crippen LogP contribution in [-0.2, 0) is 11.0 Å². The van der Waals surface area contributed by atoms with Gasteiger partial charge in [-0.25, -0.2) is 4.79 Å². The molecule has 0 radical (unpaired) electrons. The van der Waals surface area contributed by atoms with Crippen molar-refractivity contribution in [3.63, 3.8) is 0 Å². The Morgan fingerprint density at radius 1 is 1.41 bits per heavy atom. The molecule has 1 rings (SSSR count). The minimum Gasteiger partial charge on any atom is -0.479 e. The predicted molar refractivity (Wildman–Crippen MR) is 56.2 cm³/mol. The van der Waals surface area contributed by atoms with Gasteiger partial charge in [0, 0.05) is 15.7 Å². The van der Waals surface area contributed by atoms with Crippen LogP contribution >= 0.6 is 15.9 Å². The molecule has 0 aromatic heterocycles. The molecule has 4 nitrogen and oxygen atoms in total. The van der Waals surface area contributed by atoms with Crippen LogP contribution in [0.2, 0.25) is 0 Å². The Morgan fingerprint density at radius 3 is 2.35 bits per heavy atom. The summed E-state index contributed by atoms with van der Waals surface area (Å²) in [6, 6.07) is 1.42. The number of hydrogen-bond donors (Lipinski definition) is 3. The fourth-order valence-electron chi connectivity index (χ4n) is 1.19. The van der Waals surface area contributed by atoms with Gasteiger partial charge in [-0.15, -0.1) is 0 Å². The SMILES string of the molecule is Nc1cc(C(F)(F)F)c(Br)cc1C(O)C(=O)O. The maximum Gasteiger partial charge on any atom is 0.417 e. The Bertz CT molecular complexity index is 462. The Hall–Kier alpha value is -1.28. The number of anilines is 1. The number of aliphatic hydroxyl groups excluding tert-OH is 1. The van der Waals surface area contributed by atoms with Crippen LogP contribution < -0.4 is 5.73 Å². The van der Waals surface area contributed by atoms with Crippen LogP contribution in [0.4, 0.5) is 18.9 Å². The molecular weight excluding hydrogens is 307 g/mol. The summed E-state index contributed by atoms with van der Waals surface area (Å²) in [5.41, 5.74) is 3.52. The van der Waals surface area contributed by atoms with Crippen molar-refractivity contribution in [1.82, 2.24) is 0 Å². The predicted octanol–water partition coefficient (Wildman–Crippen LogP) is 2.17. The van der Waals surface area contributed by atoms with E-state index in [0.717, 1.165) is 6.07 Å². The number of alkyl halides is 3. The van der Waals surface area contributed by atoms with Crippen molar-refractivity contribution in [3.05, 3.63) is 27.7 Å². The highest BCUT2D eigenvalue weighted by atomic mass is 79.9. The van der Waals surface area contributed by atoms with Crippen molar-refractivity contribution in [2.45, 2.75) is 12.3 Å². The lowest BCUT2D eigenvalue weighted by Crippen LogP contribution is -2.14. The van der Waals surface area contributed by atoms with Crippen LogP contribution in [0.3, 0.4) is 0 Å². The Balaban J connectivity index is 3.33. The fourth-order valence-corrected chi connectivity index (χ4v) is 1.78. The normalized spacial score (nSPS) is 13.5. The second-order valence-electron chi connectivity index (χ2n) is 3.20. The summed E-state index contributed by atoms with van der Waals surface area (Å²) >= 11 is 2.65. The van der Waals surface area contributed by atoms with Gasteiger partial charge in [0.05, 0.1) is 5.56 Å². The minimum absolute atomic E-state index is 0.294. The van der Waals surface area contributed by atoms with Gasteiger partial charge in [0.25, 0.3) is 0 Å². The molecule has 1 aromatic rings. The zero-order valence-corrected chi connectivity index (χ0v) is 9.71. The highest BCUT2D eigenvalue weighted by Crippen LogP contribution is 2.38. The number of halogens is 4. The topological polar surface area (TPSA) is 83.5 Å². The van der Waals surface area contributed by atoms with E-state index in [1.54, 1.807) is 0 Å². The van der Waals surface area contributed by atoms with Gasteiger partial charge in [-0.1, -0.05) is 15.9 Å². The summed E-state index contributed by atoms with van der Waals surface area (Å²) in [6.07, 6.45) is -6.58. The van der Waals surface area contributed by atoms with Gasteiger partial charge in [0.1, 0.15) is 0 Å². The van der Waals surface area contributed by atoms with Crippen molar-refractivity contribution in [2.24, 2.45) is 0 Å². The average Bonchev–Trinajstić information content (AvgIpc) is 2.18. The monoisotopic (exact) mass is 313 g/mol. The Kier molecular flexibility index (Phi) is 3.68. The lowest BCUT2D eigenvalue weighted by Gasteiger charge is -2.14. The third-order valence-corrected chi connectivity index (χ3v) is 2.66. The van der Waals surface area contributed by atoms with E-state index < -0.39 is 29.5 Å². The summed E-state index contributed by atoms with van der Waals surface area (Å²) in [7, 11) is 0. The first-order valence-electron chi connectivity index (χ1n) is 4.21. The van der Waals surface area contributed by atoms with E-state index in [1.807, 2.05) is 0 Å². The number of nitrogen functional groups attached to an aromatic ring is 1. The van der Waals surface area contributed by atoms with Crippen molar-refractivity contribution in [3.8, 4) is 0 Å². The smallest absolute Gasteiger partial charge is 0.417 e. The molecule has 0 aliphatic heterocycles. The number of benzene rings is 1. The molecule has 94 valence electrons. The maximum atomic E-state index is 12.5. The standard InChI is InChI=1S/C9H7BrF3NO3/c10-5-1-3(7(15)8(16)17)6(14)2-4(5)9(11,12)13/h1-2,7,15H,14H2,(H,16,17). The van der Waals surface area contributed by atoms with Crippen molar-refractivity contribution >= 4 is 27.6 Å². The van der Waals surface area contributed by atoms with Crippen LogP contribution in [0.1, 0.15) is 17.2 Å². The highest BCUT2D eigenvalue weighted by molar-refractivity contribution is 9.10. The van der Waals surface area contributed by atoms with Crippen LogP contribution in [0.25, 0.3) is 0 Å². The van der Waals surface area contributed by atoms with Gasteiger partial charge < -0.3 is 15.9 Å². The number of carboxylic acid groups (broad SMARTS) is 1. The Labute approximate surface area is 102 Å². The molecule has 0 aliphatic carbocycles. The molecule has 0 bridgehead atoms. The van der Waals surface area contributed by atoms with E-state index >= 15 is 0 Å². The number of carbonyl (C=O) groups is 1. The molecule has 1 aromatic carbocycles. The molecule has 0 fully saturated rings. The molecule has 17 heavy (non-hydrogen) atoms. The highest BCUT2D eigenvalue weighted by Gasteiger charge is 2.34. The molecular formula is C9H7BrF3NO3. The molecule has 0 heterocycles. The first-order chi connectivity index (χ1) is 7.64. The van der Waals surface area contributed by atoms with E-state index in [9.17, 15) is 23.1 Å². The first kappa shape index (κ1) is 13.8. The van der Waals surface area contributed by atoms with Gasteiger partial charge in [0.15, 0.2) is 6.10 Å². The number of nitrogens with two attached hydrogens (primary N) is 1. The Morgan fingerprint density at radius 2 is 1.94 bits per heavy atom. The summed E-state index contributed by atoms with van der Waals surface area (Å²) in [4.78, 5) is 10.5. The van der Waals surface area contributed by atoms with Crippen LogP contribution in [0, 0.1) is 0 Å². The lowest BCUT2D eigenvalue weighted by atomic mass is 10.0. The number of carboxylic acids is 1. The van der Waals surface area contributed by atoms with E-state index in [4.69, 9.17) is 10.8 Å². The van der Waals surface area contributed by atoms with Crippen molar-refractivity contribution in [1.29, 1.82) is 0 Å². The molecule has 4 N–H and O–H groups in total. The number of rotatable bonds is 2. The second-order valence-corrected chi connectivity index (χ2v) is 4.05. The first-order valence-corrected chi connectivity index (χ1v) is 5.01. The molecule has 1 atom stereocenters.